The van der Waals surface area contributed by atoms with Crippen molar-refractivity contribution in [2.75, 3.05) is 0 Å². The molecule has 190 valence electrons. The summed E-state index contributed by atoms with van der Waals surface area (Å²) in [5.41, 5.74) is 0.990. The molecule has 1 heterocycles. The van der Waals surface area contributed by atoms with Gasteiger partial charge in [0.25, 0.3) is 0 Å². The number of carbonyl (C=O) groups is 1. The minimum atomic E-state index is -1.35. The van der Waals surface area contributed by atoms with Crippen LogP contribution in [0.3, 0.4) is 0 Å². The number of aliphatic hydroxyl groups excluding tert-OH is 1. The van der Waals surface area contributed by atoms with Gasteiger partial charge in [0.15, 0.2) is 5.60 Å². The number of hydrogen-bond acceptors (Lipinski definition) is 5. The van der Waals surface area contributed by atoms with Crippen LogP contribution in [0.5, 0.6) is 0 Å². The lowest BCUT2D eigenvalue weighted by Gasteiger charge is -2.49. The van der Waals surface area contributed by atoms with Crippen molar-refractivity contribution in [3.05, 3.63) is 35.5 Å². The summed E-state index contributed by atoms with van der Waals surface area (Å²) in [6.07, 6.45) is 10.7. The van der Waals surface area contributed by atoms with Gasteiger partial charge in [0.1, 0.15) is 29.6 Å². The Balaban J connectivity index is 1.54. The average Bonchev–Trinajstić information content (AvgIpc) is 3.21. The van der Waals surface area contributed by atoms with E-state index in [9.17, 15) is 20.1 Å². The molecule has 0 bridgehead atoms. The highest BCUT2D eigenvalue weighted by Gasteiger charge is 2.52. The lowest BCUT2D eigenvalue weighted by Crippen LogP contribution is -2.52. The molecule has 8 atom stereocenters. The Morgan fingerprint density at radius 1 is 1.17 bits per heavy atom. The van der Waals surface area contributed by atoms with Gasteiger partial charge in [0, 0.05) is 11.9 Å². The van der Waals surface area contributed by atoms with Crippen LogP contribution in [0, 0.1) is 23.2 Å². The molecule has 35 heavy (non-hydrogen) atoms. The first-order chi connectivity index (χ1) is 16.1. The number of rotatable bonds is 4. The zero-order valence-electron chi connectivity index (χ0n) is 22.6. The van der Waals surface area contributed by atoms with Crippen molar-refractivity contribution in [2.24, 2.45) is 23.2 Å². The van der Waals surface area contributed by atoms with E-state index in [2.05, 4.69) is 32.6 Å². The Morgan fingerprint density at radius 2 is 1.86 bits per heavy atom. The quantitative estimate of drug-likeness (QED) is 0.416. The standard InChI is InChI=1S/C27H43B3O5/c1-15(12-18-13-25(4,33)23(32)35-18)19-9-10-21-17(6-5-11-24(19,21)3)7-8-20-16(2)22(31)14-26(28,34)27(20,29)30/h7-8,15,18-19,21-22,31,33-34H,2,5-6,9-14,28-30H2,1,3-4H3/b17-7+,20-8+/t15-,18?,19-,21+,22+,24-,25-,26+/m1/s1. The maximum atomic E-state index is 12.0. The predicted molar refractivity (Wildman–Crippen MR) is 146 cm³/mol. The van der Waals surface area contributed by atoms with Crippen LogP contribution >= 0.6 is 0 Å². The van der Waals surface area contributed by atoms with Gasteiger partial charge in [0.2, 0.25) is 0 Å². The van der Waals surface area contributed by atoms with Crippen molar-refractivity contribution >= 4 is 29.5 Å². The van der Waals surface area contributed by atoms with E-state index < -0.39 is 28.4 Å². The van der Waals surface area contributed by atoms with Crippen LogP contribution in [0.1, 0.15) is 72.1 Å². The summed E-state index contributed by atoms with van der Waals surface area (Å²) in [7, 11) is 5.89. The topological polar surface area (TPSA) is 87.0 Å². The molecule has 4 rings (SSSR count). The molecule has 5 nitrogen and oxygen atoms in total. The molecule has 3 aliphatic carbocycles. The fourth-order valence-corrected chi connectivity index (χ4v) is 7.90. The number of aliphatic hydroxyl groups is 3. The number of esters is 1. The number of ether oxygens (including phenoxy) is 1. The summed E-state index contributed by atoms with van der Waals surface area (Å²) in [4.78, 5) is 12.0. The number of allylic oxidation sites excluding steroid dienone is 3. The third-order valence-corrected chi connectivity index (χ3v) is 10.5. The first-order valence-corrected chi connectivity index (χ1v) is 13.5. The van der Waals surface area contributed by atoms with E-state index in [-0.39, 0.29) is 11.5 Å². The Morgan fingerprint density at radius 3 is 2.49 bits per heavy atom. The van der Waals surface area contributed by atoms with Crippen LogP contribution in [-0.4, -0.2) is 68.1 Å². The lowest BCUT2D eigenvalue weighted by molar-refractivity contribution is -0.154. The van der Waals surface area contributed by atoms with Gasteiger partial charge in [0.05, 0.1) is 6.10 Å². The van der Waals surface area contributed by atoms with E-state index in [0.717, 1.165) is 36.8 Å². The van der Waals surface area contributed by atoms with Crippen LogP contribution in [0.2, 0.25) is 5.21 Å². The van der Waals surface area contributed by atoms with E-state index in [4.69, 9.17) is 4.74 Å². The fraction of sp³-hybridized carbons (Fsp3) is 0.741. The molecule has 4 aliphatic rings. The maximum absolute atomic E-state index is 12.0. The van der Waals surface area contributed by atoms with Gasteiger partial charge >= 0.3 is 5.97 Å². The zero-order chi connectivity index (χ0) is 26.0. The zero-order valence-corrected chi connectivity index (χ0v) is 22.6. The Kier molecular flexibility index (Phi) is 6.86. The van der Waals surface area contributed by atoms with Gasteiger partial charge in [-0.1, -0.05) is 43.7 Å². The second-order valence-electron chi connectivity index (χ2n) is 13.3. The molecule has 0 spiro atoms. The normalized spacial score (nSPS) is 46.6. The van der Waals surface area contributed by atoms with Crippen molar-refractivity contribution < 1.29 is 24.9 Å². The molecule has 3 N–H and O–H groups in total. The molecule has 8 heteroatoms. The summed E-state index contributed by atoms with van der Waals surface area (Å²) in [6, 6.07) is 0. The number of carbonyl (C=O) groups excluding carboxylic acids is 1. The largest absolute Gasteiger partial charge is 0.460 e. The molecule has 1 aliphatic heterocycles. The lowest BCUT2D eigenvalue weighted by atomic mass is 9.34. The highest BCUT2D eigenvalue weighted by atomic mass is 16.6. The fourth-order valence-electron chi connectivity index (χ4n) is 7.90. The Labute approximate surface area is 213 Å². The highest BCUT2D eigenvalue weighted by molar-refractivity contribution is 6.47. The van der Waals surface area contributed by atoms with Crippen molar-refractivity contribution in [2.45, 2.75) is 101 Å². The maximum Gasteiger partial charge on any atom is 0.338 e. The molecule has 0 radical (unpaired) electrons. The minimum Gasteiger partial charge on any atom is -0.460 e. The first kappa shape index (κ1) is 26.8. The monoisotopic (exact) mass is 480 g/mol. The first-order valence-electron chi connectivity index (χ1n) is 13.5. The predicted octanol–water partition coefficient (Wildman–Crippen LogP) is 1.17. The smallest absolute Gasteiger partial charge is 0.338 e. The van der Waals surface area contributed by atoms with Gasteiger partial charge < -0.3 is 20.1 Å². The van der Waals surface area contributed by atoms with Gasteiger partial charge in [-0.25, -0.2) is 4.79 Å². The minimum absolute atomic E-state index is 0.197. The van der Waals surface area contributed by atoms with E-state index in [1.807, 2.05) is 23.5 Å². The highest BCUT2D eigenvalue weighted by Crippen LogP contribution is 2.60. The van der Waals surface area contributed by atoms with Crippen molar-refractivity contribution in [1.29, 1.82) is 0 Å². The van der Waals surface area contributed by atoms with Crippen molar-refractivity contribution in [3.63, 3.8) is 0 Å². The SMILES string of the molecule is BC1(B)/C(=C/C=C2\CCC[C@]3(C)[C@@H]([C@H](C)CC4C[C@@](C)(O)C(=O)O4)CC[C@@H]23)C(=C)[C@@H](O)C[C@]1(B)O. The number of fused-ring (bicyclic) bond motifs is 1. The Bertz CT molecular complexity index is 952. The molecule has 0 aromatic heterocycles. The third-order valence-electron chi connectivity index (χ3n) is 10.5. The number of hydrogen-bond donors (Lipinski definition) is 3. The molecule has 3 saturated carbocycles. The third kappa shape index (κ3) is 4.53. The second kappa shape index (κ2) is 8.95. The molecule has 1 unspecified atom stereocenters. The van der Waals surface area contributed by atoms with Crippen LogP contribution in [-0.2, 0) is 9.53 Å². The molecular weight excluding hydrogens is 437 g/mol. The van der Waals surface area contributed by atoms with Gasteiger partial charge in [-0.15, -0.1) is 0 Å². The number of cyclic esters (lactones) is 1. The van der Waals surface area contributed by atoms with E-state index in [1.54, 1.807) is 6.92 Å². The van der Waals surface area contributed by atoms with Crippen LogP contribution in [0.15, 0.2) is 35.5 Å². The molecule has 0 amide bonds. The average molecular weight is 480 g/mol. The summed E-state index contributed by atoms with van der Waals surface area (Å²) in [6.45, 7) is 10.5. The molecule has 1 saturated heterocycles. The summed E-state index contributed by atoms with van der Waals surface area (Å²) in [5, 5.41) is 31.3. The summed E-state index contributed by atoms with van der Waals surface area (Å²) < 4.78 is 5.50. The van der Waals surface area contributed by atoms with E-state index in [1.165, 1.54) is 18.4 Å². The molecule has 0 aromatic rings. The van der Waals surface area contributed by atoms with E-state index in [0.29, 0.717) is 30.6 Å². The van der Waals surface area contributed by atoms with Gasteiger partial charge in [-0.3, -0.25) is 0 Å². The summed E-state index contributed by atoms with van der Waals surface area (Å²) >= 11 is 0. The summed E-state index contributed by atoms with van der Waals surface area (Å²) in [5.74, 6) is 0.992. The van der Waals surface area contributed by atoms with Crippen molar-refractivity contribution in [1.82, 2.24) is 0 Å². The Hall–Kier alpha value is -1.24. The van der Waals surface area contributed by atoms with Crippen LogP contribution in [0.25, 0.3) is 0 Å². The van der Waals surface area contributed by atoms with E-state index >= 15 is 0 Å². The second-order valence-corrected chi connectivity index (χ2v) is 13.3. The van der Waals surface area contributed by atoms with Gasteiger partial charge in [-0.2, -0.15) is 0 Å². The molecular formula is C27H43B3O5. The van der Waals surface area contributed by atoms with Gasteiger partial charge in [-0.05, 0) is 85.8 Å². The van der Waals surface area contributed by atoms with Crippen LogP contribution < -0.4 is 0 Å². The van der Waals surface area contributed by atoms with Crippen LogP contribution in [0.4, 0.5) is 0 Å². The van der Waals surface area contributed by atoms with Crippen molar-refractivity contribution in [3.8, 4) is 0 Å². The molecule has 0 aromatic carbocycles. The molecule has 4 fully saturated rings.